The third kappa shape index (κ3) is 2.64. The Hall–Kier alpha value is -0.640. The largest absolute Gasteiger partial charge is 0.305 e. The Bertz CT molecular complexity index is 588. The SMILES string of the molecule is CC1(C)Cc2ccccc2C1NCc1ccc(Br)s1. The van der Waals surface area contributed by atoms with Crippen LogP contribution in [0.2, 0.25) is 0 Å². The first kappa shape index (κ1) is 13.3. The monoisotopic (exact) mass is 335 g/mol. The molecule has 2 aromatic rings. The van der Waals surface area contributed by atoms with Gasteiger partial charge in [-0.05, 0) is 51.0 Å². The normalized spacial score (nSPS) is 20.5. The van der Waals surface area contributed by atoms with Crippen molar-refractivity contribution in [1.29, 1.82) is 0 Å². The summed E-state index contributed by atoms with van der Waals surface area (Å²) in [7, 11) is 0. The summed E-state index contributed by atoms with van der Waals surface area (Å²) < 4.78 is 1.20. The third-order valence-corrected chi connectivity index (χ3v) is 5.53. The zero-order valence-electron chi connectivity index (χ0n) is 11.2. The molecule has 0 spiro atoms. The van der Waals surface area contributed by atoms with Crippen LogP contribution in [0.15, 0.2) is 40.2 Å². The average molecular weight is 336 g/mol. The summed E-state index contributed by atoms with van der Waals surface area (Å²) in [6.45, 7) is 5.66. The van der Waals surface area contributed by atoms with E-state index in [0.29, 0.717) is 6.04 Å². The summed E-state index contributed by atoms with van der Waals surface area (Å²) in [6, 6.07) is 13.6. The van der Waals surface area contributed by atoms with Crippen molar-refractivity contribution in [3.8, 4) is 0 Å². The molecule has 3 rings (SSSR count). The second-order valence-corrected chi connectivity index (χ2v) is 8.43. The number of rotatable bonds is 3. The standard InChI is InChI=1S/C16H18BrNS/c1-16(2)9-11-5-3-4-6-13(11)15(16)18-10-12-7-8-14(17)19-12/h3-8,15,18H,9-10H2,1-2H3. The lowest BCUT2D eigenvalue weighted by molar-refractivity contribution is 0.268. The highest BCUT2D eigenvalue weighted by molar-refractivity contribution is 9.11. The predicted octanol–water partition coefficient (Wildman–Crippen LogP) is 4.92. The number of fused-ring (bicyclic) bond motifs is 1. The lowest BCUT2D eigenvalue weighted by Crippen LogP contribution is -2.30. The minimum atomic E-state index is 0.290. The predicted molar refractivity (Wildman–Crippen MR) is 85.5 cm³/mol. The average Bonchev–Trinajstić information content (AvgIpc) is 2.87. The third-order valence-electron chi connectivity index (χ3n) is 3.90. The minimum Gasteiger partial charge on any atom is -0.305 e. The number of halogens is 1. The van der Waals surface area contributed by atoms with Crippen LogP contribution in [0.3, 0.4) is 0 Å². The van der Waals surface area contributed by atoms with Crippen LogP contribution in [0, 0.1) is 5.41 Å². The summed E-state index contributed by atoms with van der Waals surface area (Å²) in [6.07, 6.45) is 1.16. The molecule has 0 saturated heterocycles. The Balaban J connectivity index is 1.79. The molecule has 1 aliphatic rings. The molecule has 1 aromatic heterocycles. The summed E-state index contributed by atoms with van der Waals surface area (Å²) >= 11 is 5.33. The van der Waals surface area contributed by atoms with Crippen molar-refractivity contribution in [1.82, 2.24) is 5.32 Å². The molecule has 0 amide bonds. The second kappa shape index (κ2) is 5.04. The van der Waals surface area contributed by atoms with Crippen molar-refractivity contribution >= 4 is 27.3 Å². The fraction of sp³-hybridized carbons (Fsp3) is 0.375. The summed E-state index contributed by atoms with van der Waals surface area (Å²) in [5, 5.41) is 3.75. The molecule has 1 aromatic carbocycles. The van der Waals surface area contributed by atoms with E-state index in [0.717, 1.165) is 13.0 Å². The number of hydrogen-bond donors (Lipinski definition) is 1. The van der Waals surface area contributed by atoms with Crippen LogP contribution in [0.25, 0.3) is 0 Å². The Labute approximate surface area is 127 Å². The first-order chi connectivity index (χ1) is 9.06. The maximum absolute atomic E-state index is 3.75. The molecule has 0 saturated carbocycles. The van der Waals surface area contributed by atoms with Gasteiger partial charge in [-0.1, -0.05) is 38.1 Å². The van der Waals surface area contributed by atoms with Crippen molar-refractivity contribution in [2.24, 2.45) is 5.41 Å². The van der Waals surface area contributed by atoms with Gasteiger partial charge in [0.2, 0.25) is 0 Å². The van der Waals surface area contributed by atoms with Crippen molar-refractivity contribution in [3.63, 3.8) is 0 Å². The molecule has 0 bridgehead atoms. The lowest BCUT2D eigenvalue weighted by Gasteiger charge is -2.28. The van der Waals surface area contributed by atoms with E-state index in [1.807, 2.05) is 0 Å². The summed E-state index contributed by atoms with van der Waals surface area (Å²) in [5.74, 6) is 0. The summed E-state index contributed by atoms with van der Waals surface area (Å²) in [4.78, 5) is 1.38. The van der Waals surface area contributed by atoms with Crippen LogP contribution in [0.1, 0.15) is 35.9 Å². The highest BCUT2D eigenvalue weighted by atomic mass is 79.9. The number of thiophene rings is 1. The lowest BCUT2D eigenvalue weighted by atomic mass is 9.85. The Morgan fingerprint density at radius 3 is 2.79 bits per heavy atom. The molecule has 1 atom stereocenters. The maximum atomic E-state index is 3.75. The quantitative estimate of drug-likeness (QED) is 0.838. The van der Waals surface area contributed by atoms with Gasteiger partial charge in [0.25, 0.3) is 0 Å². The van der Waals surface area contributed by atoms with E-state index in [-0.39, 0.29) is 5.41 Å². The Morgan fingerprint density at radius 1 is 1.26 bits per heavy atom. The van der Waals surface area contributed by atoms with Gasteiger partial charge < -0.3 is 5.32 Å². The van der Waals surface area contributed by atoms with Crippen LogP contribution in [0.5, 0.6) is 0 Å². The van der Waals surface area contributed by atoms with Gasteiger partial charge in [-0.3, -0.25) is 0 Å². The molecule has 1 nitrogen and oxygen atoms in total. The van der Waals surface area contributed by atoms with Gasteiger partial charge in [0.15, 0.2) is 0 Å². The number of hydrogen-bond acceptors (Lipinski definition) is 2. The van der Waals surface area contributed by atoms with Crippen LogP contribution >= 0.6 is 27.3 Å². The Kier molecular flexibility index (Phi) is 3.54. The van der Waals surface area contributed by atoms with E-state index in [2.05, 4.69) is 71.5 Å². The molecule has 1 N–H and O–H groups in total. The van der Waals surface area contributed by atoms with E-state index >= 15 is 0 Å². The molecular weight excluding hydrogens is 318 g/mol. The van der Waals surface area contributed by atoms with E-state index in [1.165, 1.54) is 19.8 Å². The van der Waals surface area contributed by atoms with Gasteiger partial charge in [-0.2, -0.15) is 0 Å². The number of nitrogens with one attached hydrogen (secondary N) is 1. The van der Waals surface area contributed by atoms with Gasteiger partial charge in [-0.25, -0.2) is 0 Å². The molecule has 3 heteroatoms. The van der Waals surface area contributed by atoms with Crippen LogP contribution in [0.4, 0.5) is 0 Å². The first-order valence-electron chi connectivity index (χ1n) is 6.62. The first-order valence-corrected chi connectivity index (χ1v) is 8.22. The molecule has 1 heterocycles. The van der Waals surface area contributed by atoms with Gasteiger partial charge in [0, 0.05) is 17.5 Å². The van der Waals surface area contributed by atoms with Gasteiger partial charge in [-0.15, -0.1) is 11.3 Å². The minimum absolute atomic E-state index is 0.290. The summed E-state index contributed by atoms with van der Waals surface area (Å²) in [5.41, 5.74) is 3.26. The van der Waals surface area contributed by atoms with Crippen molar-refractivity contribution < 1.29 is 0 Å². The van der Waals surface area contributed by atoms with Gasteiger partial charge in [0.05, 0.1) is 3.79 Å². The highest BCUT2D eigenvalue weighted by Gasteiger charge is 2.38. The molecule has 19 heavy (non-hydrogen) atoms. The fourth-order valence-corrected chi connectivity index (χ4v) is 4.46. The maximum Gasteiger partial charge on any atom is 0.0701 e. The number of benzene rings is 1. The van der Waals surface area contributed by atoms with Crippen molar-refractivity contribution in [2.75, 3.05) is 0 Å². The molecule has 100 valence electrons. The molecular formula is C16H18BrNS. The van der Waals surface area contributed by atoms with E-state index in [4.69, 9.17) is 0 Å². The van der Waals surface area contributed by atoms with Crippen molar-refractivity contribution in [2.45, 2.75) is 32.9 Å². The molecule has 1 aliphatic carbocycles. The van der Waals surface area contributed by atoms with Crippen LogP contribution in [-0.2, 0) is 13.0 Å². The van der Waals surface area contributed by atoms with Crippen LogP contribution < -0.4 is 5.32 Å². The molecule has 1 unspecified atom stereocenters. The van der Waals surface area contributed by atoms with E-state index in [9.17, 15) is 0 Å². The molecule has 0 radical (unpaired) electrons. The topological polar surface area (TPSA) is 12.0 Å². The Morgan fingerprint density at radius 2 is 2.05 bits per heavy atom. The molecule has 0 fully saturated rings. The zero-order valence-corrected chi connectivity index (χ0v) is 13.6. The second-order valence-electron chi connectivity index (χ2n) is 5.88. The zero-order chi connectivity index (χ0) is 13.5. The van der Waals surface area contributed by atoms with Gasteiger partial charge in [0.1, 0.15) is 0 Å². The van der Waals surface area contributed by atoms with Gasteiger partial charge >= 0.3 is 0 Å². The van der Waals surface area contributed by atoms with Crippen molar-refractivity contribution in [3.05, 3.63) is 56.2 Å². The van der Waals surface area contributed by atoms with E-state index in [1.54, 1.807) is 11.3 Å². The fourth-order valence-electron chi connectivity index (χ4n) is 3.03. The highest BCUT2D eigenvalue weighted by Crippen LogP contribution is 2.45. The van der Waals surface area contributed by atoms with Crippen LogP contribution in [-0.4, -0.2) is 0 Å². The molecule has 0 aliphatic heterocycles. The smallest absolute Gasteiger partial charge is 0.0701 e. The van der Waals surface area contributed by atoms with E-state index < -0.39 is 0 Å².